The summed E-state index contributed by atoms with van der Waals surface area (Å²) in [5.41, 5.74) is 8.49. The van der Waals surface area contributed by atoms with Crippen LogP contribution in [0.1, 0.15) is 24.4 Å². The third kappa shape index (κ3) is 3.99. The minimum absolute atomic E-state index is 0. The molecule has 0 amide bonds. The lowest BCUT2D eigenvalue weighted by Crippen LogP contribution is -2.27. The van der Waals surface area contributed by atoms with E-state index in [1.165, 1.54) is 0 Å². The van der Waals surface area contributed by atoms with E-state index < -0.39 is 0 Å². The van der Waals surface area contributed by atoms with Crippen LogP contribution in [0, 0.1) is 5.92 Å². The summed E-state index contributed by atoms with van der Waals surface area (Å²) in [4.78, 5) is 2.04. The first-order valence-corrected chi connectivity index (χ1v) is 6.77. The maximum atomic E-state index is 6.35. The molecule has 1 fully saturated rings. The summed E-state index contributed by atoms with van der Waals surface area (Å²) in [6, 6.07) is 6.12. The highest BCUT2D eigenvalue weighted by Crippen LogP contribution is 2.33. The molecule has 1 aliphatic heterocycles. The molecule has 0 radical (unpaired) electrons. The van der Waals surface area contributed by atoms with Gasteiger partial charge in [0.1, 0.15) is 0 Å². The molecule has 0 unspecified atom stereocenters. The molecular formula is C14H22Cl2N2O. The lowest BCUT2D eigenvalue weighted by molar-refractivity contribution is 0.0584. The van der Waals surface area contributed by atoms with Crippen molar-refractivity contribution in [2.24, 2.45) is 11.7 Å². The predicted octanol–water partition coefficient (Wildman–Crippen LogP) is 3.25. The van der Waals surface area contributed by atoms with Gasteiger partial charge in [0.2, 0.25) is 0 Å². The molecule has 1 saturated heterocycles. The Balaban J connectivity index is 0.00000180. The van der Waals surface area contributed by atoms with Gasteiger partial charge in [0.05, 0.1) is 0 Å². The standard InChI is InChI=1S/C14H21ClN2O.ClH/c1-17(2)11-3-4-12(13(15)9-11)14(16)10-5-7-18-8-6-10;/h3-4,9-10,14H,5-8,16H2,1-2H3;1H/t14-;/m0./s1. The molecule has 0 spiro atoms. The Morgan fingerprint density at radius 2 is 1.95 bits per heavy atom. The molecule has 2 rings (SSSR count). The second-order valence-corrected chi connectivity index (χ2v) is 5.48. The van der Waals surface area contributed by atoms with E-state index in [2.05, 4.69) is 12.1 Å². The summed E-state index contributed by atoms with van der Waals surface area (Å²) in [6.45, 7) is 1.62. The van der Waals surface area contributed by atoms with Gasteiger partial charge in [-0.15, -0.1) is 12.4 Å². The summed E-state index contributed by atoms with van der Waals surface area (Å²) < 4.78 is 5.37. The van der Waals surface area contributed by atoms with E-state index in [0.717, 1.165) is 42.3 Å². The molecule has 1 atom stereocenters. The predicted molar refractivity (Wildman–Crippen MR) is 83.5 cm³/mol. The van der Waals surface area contributed by atoms with E-state index >= 15 is 0 Å². The number of halogens is 2. The van der Waals surface area contributed by atoms with Crippen LogP contribution in [0.2, 0.25) is 5.02 Å². The van der Waals surface area contributed by atoms with Crippen LogP contribution in [0.15, 0.2) is 18.2 Å². The van der Waals surface area contributed by atoms with Crippen molar-refractivity contribution in [3.05, 3.63) is 28.8 Å². The minimum Gasteiger partial charge on any atom is -0.381 e. The van der Waals surface area contributed by atoms with Crippen LogP contribution in [-0.4, -0.2) is 27.3 Å². The second-order valence-electron chi connectivity index (χ2n) is 5.08. The average molecular weight is 305 g/mol. The quantitative estimate of drug-likeness (QED) is 0.931. The van der Waals surface area contributed by atoms with Gasteiger partial charge in [-0.2, -0.15) is 0 Å². The van der Waals surface area contributed by atoms with Gasteiger partial charge in [0, 0.05) is 44.1 Å². The topological polar surface area (TPSA) is 38.5 Å². The van der Waals surface area contributed by atoms with Crippen molar-refractivity contribution in [3.63, 3.8) is 0 Å². The number of hydrogen-bond donors (Lipinski definition) is 1. The monoisotopic (exact) mass is 304 g/mol. The Bertz CT molecular complexity index is 406. The highest BCUT2D eigenvalue weighted by atomic mass is 35.5. The van der Waals surface area contributed by atoms with E-state index in [9.17, 15) is 0 Å². The largest absolute Gasteiger partial charge is 0.381 e. The van der Waals surface area contributed by atoms with Crippen LogP contribution in [0.25, 0.3) is 0 Å². The summed E-state index contributed by atoms with van der Waals surface area (Å²) in [6.07, 6.45) is 2.04. The summed E-state index contributed by atoms with van der Waals surface area (Å²) in [7, 11) is 4.01. The molecule has 0 aromatic heterocycles. The van der Waals surface area contributed by atoms with Gasteiger partial charge in [-0.3, -0.25) is 0 Å². The van der Waals surface area contributed by atoms with Crippen LogP contribution >= 0.6 is 24.0 Å². The van der Waals surface area contributed by atoms with Gasteiger partial charge in [0.15, 0.2) is 0 Å². The molecule has 0 bridgehead atoms. The van der Waals surface area contributed by atoms with Crippen molar-refractivity contribution < 1.29 is 4.74 Å². The van der Waals surface area contributed by atoms with Crippen LogP contribution in [0.4, 0.5) is 5.69 Å². The third-order valence-corrected chi connectivity index (χ3v) is 3.96. The van der Waals surface area contributed by atoms with Crippen molar-refractivity contribution in [2.45, 2.75) is 18.9 Å². The first-order valence-electron chi connectivity index (χ1n) is 6.39. The molecule has 1 aliphatic rings. The number of rotatable bonds is 3. The van der Waals surface area contributed by atoms with Crippen LogP contribution in [0.3, 0.4) is 0 Å². The van der Waals surface area contributed by atoms with Crippen molar-refractivity contribution in [3.8, 4) is 0 Å². The normalized spacial score (nSPS) is 17.7. The fourth-order valence-electron chi connectivity index (χ4n) is 2.39. The Morgan fingerprint density at radius 1 is 1.32 bits per heavy atom. The SMILES string of the molecule is CN(C)c1ccc([C@@H](N)C2CCOCC2)c(Cl)c1.Cl. The van der Waals surface area contributed by atoms with Gasteiger partial charge < -0.3 is 15.4 Å². The van der Waals surface area contributed by atoms with E-state index in [1.54, 1.807) is 0 Å². The lowest BCUT2D eigenvalue weighted by atomic mass is 9.87. The molecule has 2 N–H and O–H groups in total. The fourth-order valence-corrected chi connectivity index (χ4v) is 2.69. The highest BCUT2D eigenvalue weighted by Gasteiger charge is 2.23. The Morgan fingerprint density at radius 3 is 2.47 bits per heavy atom. The first kappa shape index (κ1) is 16.6. The molecule has 0 saturated carbocycles. The van der Waals surface area contributed by atoms with Gasteiger partial charge in [0.25, 0.3) is 0 Å². The van der Waals surface area contributed by atoms with Gasteiger partial charge in [-0.25, -0.2) is 0 Å². The van der Waals surface area contributed by atoms with E-state index in [1.807, 2.05) is 25.1 Å². The maximum Gasteiger partial charge on any atom is 0.0474 e. The molecule has 19 heavy (non-hydrogen) atoms. The Labute approximate surface area is 126 Å². The zero-order chi connectivity index (χ0) is 13.1. The molecule has 3 nitrogen and oxygen atoms in total. The van der Waals surface area contributed by atoms with Crippen LogP contribution < -0.4 is 10.6 Å². The van der Waals surface area contributed by atoms with Crippen molar-refractivity contribution >= 4 is 29.7 Å². The van der Waals surface area contributed by atoms with Crippen molar-refractivity contribution in [1.82, 2.24) is 0 Å². The third-order valence-electron chi connectivity index (χ3n) is 3.63. The van der Waals surface area contributed by atoms with Gasteiger partial charge >= 0.3 is 0 Å². The summed E-state index contributed by atoms with van der Waals surface area (Å²) in [5.74, 6) is 0.474. The van der Waals surface area contributed by atoms with E-state index in [-0.39, 0.29) is 18.4 Å². The summed E-state index contributed by atoms with van der Waals surface area (Å²) in [5, 5.41) is 0.764. The number of anilines is 1. The highest BCUT2D eigenvalue weighted by molar-refractivity contribution is 6.31. The van der Waals surface area contributed by atoms with Crippen LogP contribution in [0.5, 0.6) is 0 Å². The van der Waals surface area contributed by atoms with Gasteiger partial charge in [-0.05, 0) is 36.5 Å². The van der Waals surface area contributed by atoms with E-state index in [0.29, 0.717) is 5.92 Å². The number of ether oxygens (including phenoxy) is 1. The molecule has 5 heteroatoms. The maximum absolute atomic E-state index is 6.35. The second kappa shape index (κ2) is 7.34. The Kier molecular flexibility index (Phi) is 6.40. The number of nitrogens with two attached hydrogens (primary N) is 1. The molecule has 108 valence electrons. The molecule has 0 aliphatic carbocycles. The minimum atomic E-state index is 0. The van der Waals surface area contributed by atoms with Gasteiger partial charge in [-0.1, -0.05) is 17.7 Å². The van der Waals surface area contributed by atoms with Crippen LogP contribution in [-0.2, 0) is 4.74 Å². The zero-order valence-corrected chi connectivity index (χ0v) is 13.0. The number of benzene rings is 1. The first-order chi connectivity index (χ1) is 8.59. The number of hydrogen-bond acceptors (Lipinski definition) is 3. The fraction of sp³-hybridized carbons (Fsp3) is 0.571. The molecule has 1 heterocycles. The lowest BCUT2D eigenvalue weighted by Gasteiger charge is -2.28. The molecular weight excluding hydrogens is 283 g/mol. The Hall–Kier alpha value is -0.480. The average Bonchev–Trinajstić information content (AvgIpc) is 2.38. The van der Waals surface area contributed by atoms with Crippen molar-refractivity contribution in [1.29, 1.82) is 0 Å². The van der Waals surface area contributed by atoms with E-state index in [4.69, 9.17) is 22.1 Å². The molecule has 1 aromatic rings. The smallest absolute Gasteiger partial charge is 0.0474 e. The zero-order valence-electron chi connectivity index (χ0n) is 11.4. The molecule has 1 aromatic carbocycles. The number of nitrogens with zero attached hydrogens (tertiary/aromatic N) is 1. The van der Waals surface area contributed by atoms with Crippen molar-refractivity contribution in [2.75, 3.05) is 32.2 Å². The summed E-state index contributed by atoms with van der Waals surface area (Å²) >= 11 is 6.35.